The minimum Gasteiger partial charge on any atom is -0.436 e. The molecule has 0 fully saturated rings. The summed E-state index contributed by atoms with van der Waals surface area (Å²) in [5, 5.41) is 2.86. The first kappa shape index (κ1) is 33.9. The topological polar surface area (TPSA) is 55.3 Å². The average molecular weight is 855 g/mol. The van der Waals surface area contributed by atoms with Gasteiger partial charge in [-0.15, -0.1) is 0 Å². The fourth-order valence-corrected chi connectivity index (χ4v) is 9.16. The summed E-state index contributed by atoms with van der Waals surface area (Å²) in [7, 11) is 0. The Kier molecular flexibility index (Phi) is 8.34. The zero-order chi connectivity index (χ0) is 48.4. The number of hydrogen-bond acceptors (Lipinski definition) is 5. The maximum absolute atomic E-state index is 8.88. The van der Waals surface area contributed by atoms with E-state index in [0.29, 0.717) is 22.6 Å². The van der Waals surface area contributed by atoms with E-state index in [9.17, 15) is 0 Å². The highest BCUT2D eigenvalue weighted by molar-refractivity contribution is 6.07. The van der Waals surface area contributed by atoms with Crippen LogP contribution in [0.3, 0.4) is 0 Å². The Morgan fingerprint density at radius 1 is 0.409 bits per heavy atom. The molecule has 0 aliphatic rings. The van der Waals surface area contributed by atoms with E-state index in [1.165, 1.54) is 0 Å². The van der Waals surface area contributed by atoms with Crippen LogP contribution in [0, 0.1) is 6.92 Å². The summed E-state index contributed by atoms with van der Waals surface area (Å²) in [6.07, 6.45) is -2.57. The number of nitrogens with zero attached hydrogens (tertiary/aromatic N) is 3. The van der Waals surface area contributed by atoms with Crippen LogP contribution in [-0.4, -0.2) is 9.97 Å². The summed E-state index contributed by atoms with van der Waals surface area (Å²) in [6, 6.07) is 71.0. The zero-order valence-electron chi connectivity index (χ0n) is 40.9. The Morgan fingerprint density at radius 3 is 1.26 bits per heavy atom. The van der Waals surface area contributed by atoms with Crippen molar-refractivity contribution in [2.45, 2.75) is 20.1 Å². The summed E-state index contributed by atoms with van der Waals surface area (Å²) in [5.41, 5.74) is 15.2. The molecule has 10 aromatic carbocycles. The second kappa shape index (κ2) is 16.2. The molecule has 2 heterocycles. The molecule has 0 aliphatic heterocycles. The van der Waals surface area contributed by atoms with Crippen molar-refractivity contribution in [3.05, 3.63) is 223 Å². The van der Waals surface area contributed by atoms with E-state index in [4.69, 9.17) is 15.7 Å². The fourth-order valence-electron chi connectivity index (χ4n) is 9.16. The SMILES string of the molecule is [2H]C([2H])([2H])C([2H])([2H])c1c2ccccc2c(C)c2cc(-c3ccc(N(c4ccc(-c5ccc(-c6nc7ccccc7o6)cc5)cc4)c4ccc(-c5ccc(-c6nc7ccccc7o6)cc5)cc4)cc3)ccc12. The molecule has 12 aromatic rings. The lowest BCUT2D eigenvalue weighted by molar-refractivity contribution is 0.619. The molecule has 66 heavy (non-hydrogen) atoms. The third-order valence-electron chi connectivity index (χ3n) is 12.6. The Morgan fingerprint density at radius 2 is 0.788 bits per heavy atom. The first-order chi connectivity index (χ1) is 34.5. The number of aryl methyl sites for hydroxylation is 2. The summed E-state index contributed by atoms with van der Waals surface area (Å²) < 4.78 is 54.4. The highest BCUT2D eigenvalue weighted by atomic mass is 16.4. The first-order valence-electron chi connectivity index (χ1n) is 24.5. The molecule has 5 heteroatoms. The number of anilines is 3. The molecule has 314 valence electrons. The fraction of sp³-hybridized carbons (Fsp3) is 0.0492. The molecule has 5 nitrogen and oxygen atoms in total. The zero-order valence-corrected chi connectivity index (χ0v) is 35.9. The van der Waals surface area contributed by atoms with Crippen molar-refractivity contribution in [2.24, 2.45) is 0 Å². The minimum absolute atomic E-state index is 0.192. The number of rotatable bonds is 9. The lowest BCUT2D eigenvalue weighted by Crippen LogP contribution is -2.09. The Balaban J connectivity index is 0.884. The van der Waals surface area contributed by atoms with Crippen LogP contribution in [0.2, 0.25) is 0 Å². The van der Waals surface area contributed by atoms with Gasteiger partial charge in [-0.3, -0.25) is 0 Å². The molecule has 2 aromatic heterocycles. The van der Waals surface area contributed by atoms with Crippen LogP contribution >= 0.6 is 0 Å². The molecule has 0 saturated heterocycles. The smallest absolute Gasteiger partial charge is 0.227 e. The second-order valence-electron chi connectivity index (χ2n) is 16.5. The van der Waals surface area contributed by atoms with Gasteiger partial charge in [-0.25, -0.2) is 9.97 Å². The summed E-state index contributed by atoms with van der Waals surface area (Å²) >= 11 is 0. The molecule has 0 unspecified atom stereocenters. The Hall–Kier alpha value is -8.54. The van der Waals surface area contributed by atoms with Crippen molar-refractivity contribution in [3.63, 3.8) is 0 Å². The third-order valence-corrected chi connectivity index (χ3v) is 12.6. The van der Waals surface area contributed by atoms with Gasteiger partial charge in [0.2, 0.25) is 11.8 Å². The van der Waals surface area contributed by atoms with Crippen molar-refractivity contribution in [2.75, 3.05) is 4.90 Å². The monoisotopic (exact) mass is 854 g/mol. The quantitative estimate of drug-likeness (QED) is 0.135. The Labute approximate surface area is 389 Å². The molecule has 0 amide bonds. The van der Waals surface area contributed by atoms with Crippen molar-refractivity contribution < 1.29 is 15.7 Å². The lowest BCUT2D eigenvalue weighted by Gasteiger charge is -2.26. The van der Waals surface area contributed by atoms with Gasteiger partial charge < -0.3 is 13.7 Å². The largest absolute Gasteiger partial charge is 0.436 e. The van der Waals surface area contributed by atoms with Crippen molar-refractivity contribution in [3.8, 4) is 56.3 Å². The highest BCUT2D eigenvalue weighted by Crippen LogP contribution is 2.40. The standard InChI is InChI=1S/C61H43N3O2/c1-3-51-53-11-5-4-10-52(53)39(2)55-38-47(30-37-54(51)55)44-28-35-50(36-29-44)64(48-31-24-42(25-32-48)40-16-20-45(21-17-40)60-62-56-12-6-8-14-58(56)65-60)49-33-26-43(27-34-49)41-18-22-46(23-19-41)61-63-57-13-7-9-15-59(57)66-61/h4-38H,3H2,1-2H3/i1D3,3D2. The van der Waals surface area contributed by atoms with E-state index >= 15 is 0 Å². The maximum Gasteiger partial charge on any atom is 0.227 e. The molecule has 0 bridgehead atoms. The molecule has 0 saturated carbocycles. The van der Waals surface area contributed by atoms with Gasteiger partial charge in [0, 0.05) is 35.0 Å². The van der Waals surface area contributed by atoms with E-state index in [1.54, 1.807) is 0 Å². The molecular weight excluding hydrogens is 807 g/mol. The Bertz CT molecular complexity index is 3710. The van der Waals surface area contributed by atoms with Gasteiger partial charge in [0.15, 0.2) is 11.2 Å². The van der Waals surface area contributed by atoms with E-state index in [2.05, 4.69) is 118 Å². The highest BCUT2D eigenvalue weighted by Gasteiger charge is 2.17. The second-order valence-corrected chi connectivity index (χ2v) is 16.5. The minimum atomic E-state index is -2.86. The van der Waals surface area contributed by atoms with Crippen LogP contribution in [-0.2, 0) is 6.37 Å². The third kappa shape index (κ3) is 6.98. The van der Waals surface area contributed by atoms with Crippen LogP contribution < -0.4 is 4.90 Å². The molecule has 0 radical (unpaired) electrons. The van der Waals surface area contributed by atoms with Crippen LogP contribution in [0.15, 0.2) is 221 Å². The number of benzene rings is 10. The normalized spacial score (nSPS) is 13.1. The number of hydrogen-bond donors (Lipinski definition) is 0. The van der Waals surface area contributed by atoms with Crippen LogP contribution in [0.5, 0.6) is 0 Å². The van der Waals surface area contributed by atoms with E-state index in [1.807, 2.05) is 116 Å². The number of oxazole rings is 2. The first-order valence-corrected chi connectivity index (χ1v) is 22.0. The van der Waals surface area contributed by atoms with Crippen LogP contribution in [0.1, 0.15) is 24.8 Å². The van der Waals surface area contributed by atoms with E-state index in [-0.39, 0.29) is 5.56 Å². The van der Waals surface area contributed by atoms with Gasteiger partial charge in [-0.05, 0) is 170 Å². The average Bonchev–Trinajstić information content (AvgIpc) is 4.05. The predicted molar refractivity (Wildman–Crippen MR) is 273 cm³/mol. The number of fused-ring (bicyclic) bond motifs is 4. The molecule has 0 N–H and O–H groups in total. The molecule has 0 aliphatic carbocycles. The van der Waals surface area contributed by atoms with Crippen molar-refractivity contribution >= 4 is 60.8 Å². The maximum atomic E-state index is 8.88. The summed E-state index contributed by atoms with van der Waals surface area (Å²) in [4.78, 5) is 11.6. The van der Waals surface area contributed by atoms with Gasteiger partial charge in [-0.2, -0.15) is 0 Å². The molecular formula is C61H43N3O2. The molecule has 0 spiro atoms. The van der Waals surface area contributed by atoms with Gasteiger partial charge in [0.1, 0.15) is 11.0 Å². The van der Waals surface area contributed by atoms with Crippen LogP contribution in [0.4, 0.5) is 17.1 Å². The van der Waals surface area contributed by atoms with E-state index in [0.717, 1.165) is 100 Å². The van der Waals surface area contributed by atoms with Gasteiger partial charge in [0.25, 0.3) is 0 Å². The summed E-state index contributed by atoms with van der Waals surface area (Å²) in [5.74, 6) is 1.18. The van der Waals surface area contributed by atoms with Crippen molar-refractivity contribution in [1.82, 2.24) is 9.97 Å². The van der Waals surface area contributed by atoms with E-state index < -0.39 is 13.2 Å². The molecule has 12 rings (SSSR count). The van der Waals surface area contributed by atoms with Crippen molar-refractivity contribution in [1.29, 1.82) is 0 Å². The van der Waals surface area contributed by atoms with Gasteiger partial charge in [-0.1, -0.05) is 128 Å². The predicted octanol–water partition coefficient (Wildman–Crippen LogP) is 17.0. The summed E-state index contributed by atoms with van der Waals surface area (Å²) in [6.45, 7) is -0.843. The lowest BCUT2D eigenvalue weighted by atomic mass is 9.89. The molecule has 0 atom stereocenters. The van der Waals surface area contributed by atoms with Crippen LogP contribution in [0.25, 0.3) is 100 Å². The van der Waals surface area contributed by atoms with Gasteiger partial charge in [0.05, 0.1) is 0 Å². The number of aromatic nitrogens is 2. The van der Waals surface area contributed by atoms with Gasteiger partial charge >= 0.3 is 0 Å². The number of para-hydroxylation sites is 4.